The molecule has 0 bridgehead atoms. The molecule has 1 amide bonds. The number of nitrogens with one attached hydrogen (secondary N) is 1. The van der Waals surface area contributed by atoms with Gasteiger partial charge in [-0.25, -0.2) is 0 Å². The summed E-state index contributed by atoms with van der Waals surface area (Å²) in [7, 11) is 1.63. The standard InChI is InChI=1S/C25H21IN2O3/c1-16-20(25(29)28-15-17-5-3-6-18(26)13-17)7-4-8-23(16)31-24-11-12-27-22-14-19(30-2)9-10-21(22)24/h3-14H,15H2,1-2H3,(H,28,29). The number of carbonyl (C=O) groups excluding carboxylic acids is 1. The van der Waals surface area contributed by atoms with Gasteiger partial charge in [-0.05, 0) is 77.5 Å². The van der Waals surface area contributed by atoms with E-state index in [1.54, 1.807) is 13.3 Å². The molecule has 5 nitrogen and oxygen atoms in total. The molecule has 1 aromatic heterocycles. The van der Waals surface area contributed by atoms with Crippen molar-refractivity contribution in [2.45, 2.75) is 13.5 Å². The molecule has 0 aliphatic rings. The van der Waals surface area contributed by atoms with Gasteiger partial charge in [-0.3, -0.25) is 9.78 Å². The molecule has 31 heavy (non-hydrogen) atoms. The molecule has 0 saturated carbocycles. The second-order valence-electron chi connectivity index (χ2n) is 7.04. The number of pyridine rings is 1. The van der Waals surface area contributed by atoms with Gasteiger partial charge in [0, 0.05) is 38.9 Å². The van der Waals surface area contributed by atoms with Crippen LogP contribution >= 0.6 is 22.6 Å². The van der Waals surface area contributed by atoms with Crippen LogP contribution in [0, 0.1) is 10.5 Å². The van der Waals surface area contributed by atoms with Gasteiger partial charge in [0.05, 0.1) is 12.6 Å². The molecule has 0 aliphatic heterocycles. The molecule has 0 spiro atoms. The van der Waals surface area contributed by atoms with Crippen LogP contribution in [0.3, 0.4) is 0 Å². The molecular formula is C25H21IN2O3. The van der Waals surface area contributed by atoms with E-state index in [1.807, 2.05) is 67.6 Å². The Labute approximate surface area is 194 Å². The lowest BCUT2D eigenvalue weighted by molar-refractivity contribution is 0.0950. The Morgan fingerprint density at radius 1 is 1.03 bits per heavy atom. The summed E-state index contributed by atoms with van der Waals surface area (Å²) in [5.41, 5.74) is 3.20. The Morgan fingerprint density at radius 3 is 2.68 bits per heavy atom. The van der Waals surface area contributed by atoms with Crippen LogP contribution in [0.4, 0.5) is 0 Å². The van der Waals surface area contributed by atoms with Crippen molar-refractivity contribution >= 4 is 39.4 Å². The summed E-state index contributed by atoms with van der Waals surface area (Å²) in [6.07, 6.45) is 1.70. The minimum absolute atomic E-state index is 0.133. The second-order valence-corrected chi connectivity index (χ2v) is 8.28. The van der Waals surface area contributed by atoms with E-state index in [2.05, 4.69) is 39.0 Å². The van der Waals surface area contributed by atoms with Crippen molar-refractivity contribution in [3.63, 3.8) is 0 Å². The zero-order valence-electron chi connectivity index (χ0n) is 17.2. The van der Waals surface area contributed by atoms with Gasteiger partial charge in [0.1, 0.15) is 17.2 Å². The van der Waals surface area contributed by atoms with Gasteiger partial charge in [-0.15, -0.1) is 0 Å². The number of benzene rings is 3. The first-order valence-electron chi connectivity index (χ1n) is 9.78. The number of halogens is 1. The monoisotopic (exact) mass is 524 g/mol. The molecular weight excluding hydrogens is 503 g/mol. The third kappa shape index (κ3) is 4.80. The molecule has 0 unspecified atom stereocenters. The molecule has 1 heterocycles. The second kappa shape index (κ2) is 9.34. The van der Waals surface area contributed by atoms with Gasteiger partial charge in [0.25, 0.3) is 5.91 Å². The van der Waals surface area contributed by atoms with Gasteiger partial charge < -0.3 is 14.8 Å². The molecule has 3 aromatic carbocycles. The lowest BCUT2D eigenvalue weighted by Crippen LogP contribution is -2.23. The fraction of sp³-hybridized carbons (Fsp3) is 0.120. The van der Waals surface area contributed by atoms with Gasteiger partial charge in [0.2, 0.25) is 0 Å². The highest BCUT2D eigenvalue weighted by Crippen LogP contribution is 2.33. The number of nitrogens with zero attached hydrogens (tertiary/aromatic N) is 1. The van der Waals surface area contributed by atoms with Crippen LogP contribution in [0.1, 0.15) is 21.5 Å². The summed E-state index contributed by atoms with van der Waals surface area (Å²) in [6.45, 7) is 2.36. The molecule has 0 radical (unpaired) electrons. The van der Waals surface area contributed by atoms with Crippen molar-refractivity contribution in [3.8, 4) is 17.2 Å². The number of hydrogen-bond donors (Lipinski definition) is 1. The van der Waals surface area contributed by atoms with Gasteiger partial charge in [-0.1, -0.05) is 18.2 Å². The SMILES string of the molecule is COc1ccc2c(Oc3cccc(C(=O)NCc4cccc(I)c4)c3C)ccnc2c1. The normalized spacial score (nSPS) is 10.7. The number of fused-ring (bicyclic) bond motifs is 1. The summed E-state index contributed by atoms with van der Waals surface area (Å²) >= 11 is 2.26. The average molecular weight is 524 g/mol. The van der Waals surface area contributed by atoms with E-state index in [9.17, 15) is 4.79 Å². The third-order valence-electron chi connectivity index (χ3n) is 5.00. The first kappa shape index (κ1) is 21.1. The van der Waals surface area contributed by atoms with E-state index < -0.39 is 0 Å². The highest BCUT2D eigenvalue weighted by molar-refractivity contribution is 14.1. The number of carbonyl (C=O) groups is 1. The number of rotatable bonds is 6. The Balaban J connectivity index is 1.56. The van der Waals surface area contributed by atoms with Crippen molar-refractivity contribution in [2.75, 3.05) is 7.11 Å². The lowest BCUT2D eigenvalue weighted by atomic mass is 10.1. The van der Waals surface area contributed by atoms with Crippen molar-refractivity contribution in [1.29, 1.82) is 0 Å². The van der Waals surface area contributed by atoms with Crippen LogP contribution in [0.5, 0.6) is 17.2 Å². The summed E-state index contributed by atoms with van der Waals surface area (Å²) in [6, 6.07) is 21.0. The third-order valence-corrected chi connectivity index (χ3v) is 5.67. The molecule has 0 saturated heterocycles. The predicted octanol–water partition coefficient (Wildman–Crippen LogP) is 5.88. The van der Waals surface area contributed by atoms with Gasteiger partial charge in [0.15, 0.2) is 0 Å². The Kier molecular flexibility index (Phi) is 6.36. The molecule has 0 fully saturated rings. The highest BCUT2D eigenvalue weighted by Gasteiger charge is 2.14. The quantitative estimate of drug-likeness (QED) is 0.320. The van der Waals surface area contributed by atoms with Gasteiger partial charge >= 0.3 is 0 Å². The van der Waals surface area contributed by atoms with Crippen molar-refractivity contribution in [1.82, 2.24) is 10.3 Å². The average Bonchev–Trinajstić information content (AvgIpc) is 2.78. The first-order chi connectivity index (χ1) is 15.0. The predicted molar refractivity (Wildman–Crippen MR) is 130 cm³/mol. The zero-order valence-corrected chi connectivity index (χ0v) is 19.3. The van der Waals surface area contributed by atoms with Crippen LogP contribution in [0.25, 0.3) is 10.9 Å². The summed E-state index contributed by atoms with van der Waals surface area (Å²) in [5.74, 6) is 1.91. The highest BCUT2D eigenvalue weighted by atomic mass is 127. The number of methoxy groups -OCH3 is 1. The van der Waals surface area contributed by atoms with Crippen molar-refractivity contribution in [2.24, 2.45) is 0 Å². The fourth-order valence-corrected chi connectivity index (χ4v) is 3.94. The number of amides is 1. The van der Waals surface area contributed by atoms with E-state index in [0.717, 1.165) is 31.3 Å². The van der Waals surface area contributed by atoms with Crippen LogP contribution in [0.15, 0.2) is 72.9 Å². The zero-order chi connectivity index (χ0) is 21.8. The minimum Gasteiger partial charge on any atom is -0.497 e. The van der Waals surface area contributed by atoms with Gasteiger partial charge in [-0.2, -0.15) is 0 Å². The number of hydrogen-bond acceptors (Lipinski definition) is 4. The largest absolute Gasteiger partial charge is 0.497 e. The van der Waals surface area contributed by atoms with E-state index >= 15 is 0 Å². The first-order valence-corrected chi connectivity index (χ1v) is 10.9. The van der Waals surface area contributed by atoms with E-state index in [-0.39, 0.29) is 5.91 Å². The Bertz CT molecular complexity index is 1260. The molecule has 0 atom stereocenters. The summed E-state index contributed by atoms with van der Waals surface area (Å²) in [5, 5.41) is 3.87. The summed E-state index contributed by atoms with van der Waals surface area (Å²) < 4.78 is 12.6. The minimum atomic E-state index is -0.133. The van der Waals surface area contributed by atoms with E-state index in [1.165, 1.54) is 0 Å². The van der Waals surface area contributed by atoms with Crippen LogP contribution in [-0.2, 0) is 6.54 Å². The van der Waals surface area contributed by atoms with Crippen molar-refractivity contribution in [3.05, 3.63) is 93.2 Å². The Hall–Kier alpha value is -3.13. The maximum atomic E-state index is 12.8. The number of aromatic nitrogens is 1. The molecule has 1 N–H and O–H groups in total. The molecule has 4 rings (SSSR count). The van der Waals surface area contributed by atoms with E-state index in [0.29, 0.717) is 23.6 Å². The smallest absolute Gasteiger partial charge is 0.251 e. The fourth-order valence-electron chi connectivity index (χ4n) is 3.33. The van der Waals surface area contributed by atoms with Crippen molar-refractivity contribution < 1.29 is 14.3 Å². The maximum absolute atomic E-state index is 12.8. The summed E-state index contributed by atoms with van der Waals surface area (Å²) in [4.78, 5) is 17.2. The maximum Gasteiger partial charge on any atom is 0.251 e. The lowest BCUT2D eigenvalue weighted by Gasteiger charge is -2.14. The Morgan fingerprint density at radius 2 is 1.87 bits per heavy atom. The molecule has 0 aliphatic carbocycles. The number of ether oxygens (including phenoxy) is 2. The van der Waals surface area contributed by atoms with Crippen LogP contribution in [-0.4, -0.2) is 18.0 Å². The van der Waals surface area contributed by atoms with Crippen LogP contribution < -0.4 is 14.8 Å². The topological polar surface area (TPSA) is 60.5 Å². The van der Waals surface area contributed by atoms with Crippen LogP contribution in [0.2, 0.25) is 0 Å². The molecule has 6 heteroatoms. The molecule has 156 valence electrons. The molecule has 4 aromatic rings. The van der Waals surface area contributed by atoms with E-state index in [4.69, 9.17) is 9.47 Å².